The third-order valence-corrected chi connectivity index (χ3v) is 4.46. The van der Waals surface area contributed by atoms with Gasteiger partial charge in [0.2, 0.25) is 5.91 Å². The minimum atomic E-state index is -0.396. The fourth-order valence-corrected chi connectivity index (χ4v) is 2.74. The molecule has 0 radical (unpaired) electrons. The first-order valence-corrected chi connectivity index (χ1v) is 7.16. The quantitative estimate of drug-likeness (QED) is 0.785. The minimum Gasteiger partial charge on any atom is -0.393 e. The van der Waals surface area contributed by atoms with Crippen molar-refractivity contribution in [3.8, 4) is 0 Å². The standard InChI is InChI=1S/C13H22ClNO2/c1-2-11(14)13(17)15-6-5-12(16)10(8-15)7-9-3-4-9/h9-12,16H,2-8H2,1H3/t10-,11+,12+/m1/s1. The summed E-state index contributed by atoms with van der Waals surface area (Å²) in [7, 11) is 0. The Morgan fingerprint density at radius 3 is 2.76 bits per heavy atom. The van der Waals surface area contributed by atoms with Crippen molar-refractivity contribution in [3.63, 3.8) is 0 Å². The van der Waals surface area contributed by atoms with Gasteiger partial charge in [-0.2, -0.15) is 0 Å². The van der Waals surface area contributed by atoms with E-state index in [0.29, 0.717) is 25.9 Å². The zero-order valence-corrected chi connectivity index (χ0v) is 11.2. The molecule has 0 aromatic heterocycles. The Morgan fingerprint density at radius 2 is 2.18 bits per heavy atom. The maximum absolute atomic E-state index is 12.0. The summed E-state index contributed by atoms with van der Waals surface area (Å²) in [5.41, 5.74) is 0. The third kappa shape index (κ3) is 3.35. The number of nitrogens with zero attached hydrogens (tertiary/aromatic N) is 1. The Bertz CT molecular complexity index is 281. The average molecular weight is 260 g/mol. The van der Waals surface area contributed by atoms with Crippen LogP contribution in [0.5, 0.6) is 0 Å². The molecule has 3 nitrogen and oxygen atoms in total. The van der Waals surface area contributed by atoms with E-state index in [4.69, 9.17) is 11.6 Å². The van der Waals surface area contributed by atoms with Crippen molar-refractivity contribution in [2.24, 2.45) is 11.8 Å². The van der Waals surface area contributed by atoms with E-state index >= 15 is 0 Å². The fraction of sp³-hybridized carbons (Fsp3) is 0.923. The number of amides is 1. The minimum absolute atomic E-state index is 0.0434. The lowest BCUT2D eigenvalue weighted by atomic mass is 9.89. The predicted molar refractivity (Wildman–Crippen MR) is 68.0 cm³/mol. The summed E-state index contributed by atoms with van der Waals surface area (Å²) in [4.78, 5) is 13.8. The van der Waals surface area contributed by atoms with Gasteiger partial charge in [-0.15, -0.1) is 11.6 Å². The lowest BCUT2D eigenvalue weighted by Gasteiger charge is -2.37. The Labute approximate surface area is 108 Å². The number of likely N-dealkylation sites (tertiary alicyclic amines) is 1. The van der Waals surface area contributed by atoms with Crippen LogP contribution in [0.2, 0.25) is 0 Å². The van der Waals surface area contributed by atoms with Crippen molar-refractivity contribution in [2.45, 2.75) is 50.5 Å². The van der Waals surface area contributed by atoms with E-state index in [2.05, 4.69) is 0 Å². The number of carbonyl (C=O) groups excluding carboxylic acids is 1. The van der Waals surface area contributed by atoms with Crippen LogP contribution in [0, 0.1) is 11.8 Å². The monoisotopic (exact) mass is 259 g/mol. The van der Waals surface area contributed by atoms with Crippen LogP contribution >= 0.6 is 11.6 Å². The van der Waals surface area contributed by atoms with E-state index < -0.39 is 5.38 Å². The van der Waals surface area contributed by atoms with Crippen molar-refractivity contribution in [1.82, 2.24) is 4.90 Å². The molecule has 1 N–H and O–H groups in total. The van der Waals surface area contributed by atoms with Gasteiger partial charge in [0.25, 0.3) is 0 Å². The number of halogens is 1. The summed E-state index contributed by atoms with van der Waals surface area (Å²) in [5, 5.41) is 9.57. The number of carbonyl (C=O) groups is 1. The topological polar surface area (TPSA) is 40.5 Å². The molecule has 1 aliphatic heterocycles. The molecule has 17 heavy (non-hydrogen) atoms. The zero-order chi connectivity index (χ0) is 12.4. The van der Waals surface area contributed by atoms with Gasteiger partial charge >= 0.3 is 0 Å². The maximum atomic E-state index is 12.0. The summed E-state index contributed by atoms with van der Waals surface area (Å²) in [6.07, 6.45) is 4.82. The van der Waals surface area contributed by atoms with Crippen LogP contribution < -0.4 is 0 Å². The normalized spacial score (nSPS) is 31.4. The van der Waals surface area contributed by atoms with Crippen LogP contribution in [0.3, 0.4) is 0 Å². The molecule has 1 saturated carbocycles. The molecular formula is C13H22ClNO2. The smallest absolute Gasteiger partial charge is 0.240 e. The number of alkyl halides is 1. The van der Waals surface area contributed by atoms with Gasteiger partial charge in [0.1, 0.15) is 5.38 Å². The van der Waals surface area contributed by atoms with Crippen molar-refractivity contribution in [2.75, 3.05) is 13.1 Å². The molecule has 1 amide bonds. The molecule has 98 valence electrons. The number of aliphatic hydroxyl groups excluding tert-OH is 1. The molecular weight excluding hydrogens is 238 g/mol. The summed E-state index contributed by atoms with van der Waals surface area (Å²) < 4.78 is 0. The van der Waals surface area contributed by atoms with Gasteiger partial charge in [0, 0.05) is 19.0 Å². The van der Waals surface area contributed by atoms with Gasteiger partial charge in [-0.1, -0.05) is 19.8 Å². The van der Waals surface area contributed by atoms with Gasteiger partial charge in [-0.25, -0.2) is 0 Å². The molecule has 2 aliphatic rings. The molecule has 0 aromatic carbocycles. The van der Waals surface area contributed by atoms with E-state index in [0.717, 1.165) is 12.3 Å². The van der Waals surface area contributed by atoms with E-state index in [9.17, 15) is 9.90 Å². The van der Waals surface area contributed by atoms with Gasteiger partial charge in [-0.3, -0.25) is 4.79 Å². The molecule has 0 aromatic rings. The fourth-order valence-electron chi connectivity index (χ4n) is 2.61. The molecule has 1 saturated heterocycles. The first-order chi connectivity index (χ1) is 8.11. The number of hydrogen-bond acceptors (Lipinski definition) is 2. The number of rotatable bonds is 4. The number of hydrogen-bond donors (Lipinski definition) is 1. The third-order valence-electron chi connectivity index (χ3n) is 3.96. The van der Waals surface area contributed by atoms with Crippen LogP contribution in [0.15, 0.2) is 0 Å². The highest BCUT2D eigenvalue weighted by Crippen LogP contribution is 2.38. The highest BCUT2D eigenvalue weighted by atomic mass is 35.5. The number of aliphatic hydroxyl groups is 1. The molecule has 3 atom stereocenters. The largest absolute Gasteiger partial charge is 0.393 e. The molecule has 0 spiro atoms. The average Bonchev–Trinajstić information content (AvgIpc) is 3.14. The lowest BCUT2D eigenvalue weighted by Crippen LogP contribution is -2.48. The molecule has 0 bridgehead atoms. The second kappa shape index (κ2) is 5.57. The first kappa shape index (κ1) is 13.2. The van der Waals surface area contributed by atoms with Crippen molar-refractivity contribution >= 4 is 17.5 Å². The second-order valence-electron chi connectivity index (χ2n) is 5.46. The van der Waals surface area contributed by atoms with Crippen LogP contribution in [0.25, 0.3) is 0 Å². The van der Waals surface area contributed by atoms with Crippen LogP contribution in [0.1, 0.15) is 39.0 Å². The van der Waals surface area contributed by atoms with Crippen LogP contribution in [-0.2, 0) is 4.79 Å². The summed E-state index contributed by atoms with van der Waals surface area (Å²) in [6, 6.07) is 0. The van der Waals surface area contributed by atoms with Crippen LogP contribution in [0.4, 0.5) is 0 Å². The number of piperidine rings is 1. The Morgan fingerprint density at radius 1 is 1.47 bits per heavy atom. The van der Waals surface area contributed by atoms with Gasteiger partial charge in [0.05, 0.1) is 6.10 Å². The second-order valence-corrected chi connectivity index (χ2v) is 5.98. The molecule has 4 heteroatoms. The van der Waals surface area contributed by atoms with Crippen molar-refractivity contribution < 1.29 is 9.90 Å². The Hall–Kier alpha value is -0.280. The highest BCUT2D eigenvalue weighted by Gasteiger charge is 2.35. The first-order valence-electron chi connectivity index (χ1n) is 6.72. The highest BCUT2D eigenvalue weighted by molar-refractivity contribution is 6.30. The summed E-state index contributed by atoms with van der Waals surface area (Å²) in [5.74, 6) is 1.10. The molecule has 2 rings (SSSR count). The SMILES string of the molecule is CC[C@H](Cl)C(=O)N1CC[C@H](O)[C@H](CC2CC2)C1. The zero-order valence-electron chi connectivity index (χ0n) is 10.4. The van der Waals surface area contributed by atoms with E-state index in [1.807, 2.05) is 11.8 Å². The van der Waals surface area contributed by atoms with E-state index in [-0.39, 0.29) is 17.9 Å². The maximum Gasteiger partial charge on any atom is 0.240 e. The molecule has 0 unspecified atom stereocenters. The molecule has 2 fully saturated rings. The summed E-state index contributed by atoms with van der Waals surface area (Å²) in [6.45, 7) is 3.28. The predicted octanol–water partition coefficient (Wildman–Crippen LogP) is 2.01. The van der Waals surface area contributed by atoms with E-state index in [1.165, 1.54) is 12.8 Å². The lowest BCUT2D eigenvalue weighted by molar-refractivity contribution is -0.134. The molecule has 1 heterocycles. The molecule has 1 aliphatic carbocycles. The van der Waals surface area contributed by atoms with Gasteiger partial charge in [-0.05, 0) is 25.2 Å². The van der Waals surface area contributed by atoms with Crippen molar-refractivity contribution in [3.05, 3.63) is 0 Å². The summed E-state index contributed by atoms with van der Waals surface area (Å²) >= 11 is 6.00. The van der Waals surface area contributed by atoms with Gasteiger partial charge < -0.3 is 10.0 Å². The Kier molecular flexibility index (Phi) is 4.31. The van der Waals surface area contributed by atoms with E-state index in [1.54, 1.807) is 0 Å². The van der Waals surface area contributed by atoms with Crippen LogP contribution in [-0.4, -0.2) is 40.5 Å². The van der Waals surface area contributed by atoms with Gasteiger partial charge in [0.15, 0.2) is 0 Å². The van der Waals surface area contributed by atoms with Crippen molar-refractivity contribution in [1.29, 1.82) is 0 Å². The Balaban J connectivity index is 1.89.